The minimum Gasteiger partial charge on any atom is -0.383 e. The number of carbonyl (C=O) groups excluding carboxylic acids is 1. The van der Waals surface area contributed by atoms with Crippen LogP contribution in [0.4, 0.5) is 27.7 Å². The van der Waals surface area contributed by atoms with Gasteiger partial charge in [-0.15, -0.1) is 0 Å². The Labute approximate surface area is 223 Å². The molecule has 1 aliphatic rings. The number of piperazine rings is 1. The average molecular weight is 534 g/mol. The third-order valence-corrected chi connectivity index (χ3v) is 6.29. The summed E-state index contributed by atoms with van der Waals surface area (Å²) in [5, 5.41) is 9.41. The number of allylic oxidation sites excluding steroid dienone is 1. The molecule has 0 atom stereocenters. The second kappa shape index (κ2) is 11.5. The summed E-state index contributed by atoms with van der Waals surface area (Å²) in [7, 11) is 1.70. The van der Waals surface area contributed by atoms with E-state index in [-0.39, 0.29) is 17.1 Å². The van der Waals surface area contributed by atoms with Crippen molar-refractivity contribution >= 4 is 45.8 Å². The Kier molecular flexibility index (Phi) is 7.70. The van der Waals surface area contributed by atoms with Gasteiger partial charge in [-0.3, -0.25) is 9.69 Å². The molecule has 0 saturated carbocycles. The first-order chi connectivity index (χ1) is 18.9. The van der Waals surface area contributed by atoms with Crippen LogP contribution in [-0.4, -0.2) is 82.3 Å². The van der Waals surface area contributed by atoms with E-state index >= 15 is 0 Å². The molecule has 12 nitrogen and oxygen atoms in total. The van der Waals surface area contributed by atoms with Crippen LogP contribution in [0.2, 0.25) is 0 Å². The van der Waals surface area contributed by atoms with Gasteiger partial charge < -0.3 is 24.8 Å². The highest BCUT2D eigenvalue weighted by atomic mass is 19.1. The maximum atomic E-state index is 14.8. The van der Waals surface area contributed by atoms with Gasteiger partial charge in [0, 0.05) is 51.5 Å². The number of nitrogens with one attached hydrogen (secondary N) is 2. The molecule has 0 bridgehead atoms. The number of aromatic nitrogens is 5. The summed E-state index contributed by atoms with van der Waals surface area (Å²) in [5.41, 5.74) is 1.87. The molecular formula is C26H28FN9O3. The van der Waals surface area contributed by atoms with Gasteiger partial charge in [0.1, 0.15) is 23.2 Å². The van der Waals surface area contributed by atoms with Gasteiger partial charge in [0.15, 0.2) is 17.4 Å². The first-order valence-corrected chi connectivity index (χ1v) is 12.4. The fourth-order valence-corrected chi connectivity index (χ4v) is 4.09. The Bertz CT molecular complexity index is 1500. The van der Waals surface area contributed by atoms with Crippen molar-refractivity contribution in [2.24, 2.45) is 0 Å². The van der Waals surface area contributed by atoms with Crippen LogP contribution in [-0.2, 0) is 4.74 Å². The average Bonchev–Trinajstić information content (AvgIpc) is 3.42. The van der Waals surface area contributed by atoms with E-state index in [1.54, 1.807) is 26.3 Å². The van der Waals surface area contributed by atoms with Crippen molar-refractivity contribution in [3.8, 4) is 0 Å². The lowest BCUT2D eigenvalue weighted by molar-refractivity contribution is 0.102. The number of rotatable bonds is 9. The predicted molar refractivity (Wildman–Crippen MR) is 145 cm³/mol. The van der Waals surface area contributed by atoms with E-state index in [0.29, 0.717) is 40.7 Å². The third-order valence-electron chi connectivity index (χ3n) is 6.29. The van der Waals surface area contributed by atoms with Crippen LogP contribution in [0.15, 0.2) is 47.9 Å². The molecule has 0 radical (unpaired) electrons. The fourth-order valence-electron chi connectivity index (χ4n) is 4.09. The molecule has 202 valence electrons. The van der Waals surface area contributed by atoms with Gasteiger partial charge >= 0.3 is 0 Å². The summed E-state index contributed by atoms with van der Waals surface area (Å²) in [5.74, 6) is 0.467. The number of methoxy groups -OCH3 is 1. The molecule has 3 aromatic heterocycles. The van der Waals surface area contributed by atoms with Crippen molar-refractivity contribution in [2.45, 2.75) is 6.92 Å². The SMILES string of the molecule is C=C(C)c1cc(NC(=O)c2ccc(F)c(Nc3ncnc4cnc(N5CCN(CCOC)CC5)nc34)c2)no1. The second-order valence-corrected chi connectivity index (χ2v) is 9.08. The number of nitrogens with zero attached hydrogens (tertiary/aromatic N) is 7. The van der Waals surface area contributed by atoms with Crippen LogP contribution in [0.25, 0.3) is 16.6 Å². The summed E-state index contributed by atoms with van der Waals surface area (Å²) >= 11 is 0. The zero-order chi connectivity index (χ0) is 27.4. The number of benzene rings is 1. The fraction of sp³-hybridized carbons (Fsp3) is 0.308. The van der Waals surface area contributed by atoms with Crippen molar-refractivity contribution in [2.75, 3.05) is 62.0 Å². The Morgan fingerprint density at radius 1 is 1.18 bits per heavy atom. The molecule has 1 aromatic carbocycles. The summed E-state index contributed by atoms with van der Waals surface area (Å²) in [6.07, 6.45) is 2.97. The zero-order valence-electron chi connectivity index (χ0n) is 21.6. The molecule has 4 aromatic rings. The highest BCUT2D eigenvalue weighted by molar-refractivity contribution is 6.04. The van der Waals surface area contributed by atoms with Crippen LogP contribution in [0.5, 0.6) is 0 Å². The Morgan fingerprint density at radius 2 is 2.00 bits per heavy atom. The van der Waals surface area contributed by atoms with E-state index in [2.05, 4.69) is 47.1 Å². The van der Waals surface area contributed by atoms with E-state index < -0.39 is 11.7 Å². The number of hydrogen-bond acceptors (Lipinski definition) is 11. The molecule has 1 aliphatic heterocycles. The standard InChI is InChI=1S/C26H28FN9O3/c1-16(2)21-13-22(34-39-21)32-25(37)17-4-5-18(27)19(12-17)31-24-23-20(29-15-30-24)14-28-26(33-23)36-8-6-35(7-9-36)10-11-38-3/h4-5,12-15H,1,6-11H2,2-3H3,(H,29,30,31)(H,32,34,37). The van der Waals surface area contributed by atoms with Crippen LogP contribution >= 0.6 is 0 Å². The quantitative estimate of drug-likeness (QED) is 0.328. The van der Waals surface area contributed by atoms with Gasteiger partial charge in [0.05, 0.1) is 18.5 Å². The first kappa shape index (κ1) is 26.1. The molecule has 13 heteroatoms. The van der Waals surface area contributed by atoms with Gasteiger partial charge in [-0.1, -0.05) is 11.7 Å². The molecular weight excluding hydrogens is 505 g/mol. The second-order valence-electron chi connectivity index (χ2n) is 9.08. The monoisotopic (exact) mass is 533 g/mol. The number of anilines is 4. The van der Waals surface area contributed by atoms with Crippen molar-refractivity contribution in [3.05, 3.63) is 60.5 Å². The van der Waals surface area contributed by atoms with E-state index in [4.69, 9.17) is 14.2 Å². The lowest BCUT2D eigenvalue weighted by atomic mass is 10.1. The number of halogens is 1. The summed E-state index contributed by atoms with van der Waals surface area (Å²) in [4.78, 5) is 34.9. The summed E-state index contributed by atoms with van der Waals surface area (Å²) in [6, 6.07) is 5.53. The smallest absolute Gasteiger partial charge is 0.256 e. The Morgan fingerprint density at radius 3 is 2.74 bits per heavy atom. The lowest BCUT2D eigenvalue weighted by Gasteiger charge is -2.34. The van der Waals surface area contributed by atoms with Gasteiger partial charge in [-0.25, -0.2) is 24.3 Å². The normalized spacial score (nSPS) is 14.0. The van der Waals surface area contributed by atoms with Crippen LogP contribution < -0.4 is 15.5 Å². The van der Waals surface area contributed by atoms with Gasteiger partial charge in [0.25, 0.3) is 5.91 Å². The van der Waals surface area contributed by atoms with Gasteiger partial charge in [-0.05, 0) is 30.7 Å². The molecule has 0 unspecified atom stereocenters. The molecule has 1 saturated heterocycles. The van der Waals surface area contributed by atoms with E-state index in [9.17, 15) is 9.18 Å². The highest BCUT2D eigenvalue weighted by Crippen LogP contribution is 2.26. The lowest BCUT2D eigenvalue weighted by Crippen LogP contribution is -2.47. The Hall–Kier alpha value is -4.49. The molecule has 1 amide bonds. The minimum atomic E-state index is -0.564. The maximum Gasteiger partial charge on any atom is 0.256 e. The van der Waals surface area contributed by atoms with E-state index in [0.717, 1.165) is 32.7 Å². The zero-order valence-corrected chi connectivity index (χ0v) is 21.6. The maximum absolute atomic E-state index is 14.8. The number of hydrogen-bond donors (Lipinski definition) is 2. The Balaban J connectivity index is 1.35. The first-order valence-electron chi connectivity index (χ1n) is 12.4. The molecule has 1 fully saturated rings. The van der Waals surface area contributed by atoms with Crippen molar-refractivity contribution in [3.63, 3.8) is 0 Å². The number of amides is 1. The topological polar surface area (TPSA) is 134 Å². The van der Waals surface area contributed by atoms with Crippen LogP contribution in [0.1, 0.15) is 23.0 Å². The van der Waals surface area contributed by atoms with Crippen LogP contribution in [0, 0.1) is 5.82 Å². The van der Waals surface area contributed by atoms with Crippen LogP contribution in [0.3, 0.4) is 0 Å². The molecule has 0 aliphatic carbocycles. The highest BCUT2D eigenvalue weighted by Gasteiger charge is 2.20. The van der Waals surface area contributed by atoms with Crippen molar-refractivity contribution in [1.82, 2.24) is 30.0 Å². The largest absolute Gasteiger partial charge is 0.383 e. The number of ether oxygens (including phenoxy) is 1. The van der Waals surface area contributed by atoms with E-state index in [1.807, 2.05) is 0 Å². The molecule has 2 N–H and O–H groups in total. The number of carbonyl (C=O) groups is 1. The minimum absolute atomic E-state index is 0.0531. The van der Waals surface area contributed by atoms with E-state index in [1.165, 1.54) is 24.5 Å². The van der Waals surface area contributed by atoms with Crippen molar-refractivity contribution in [1.29, 1.82) is 0 Å². The van der Waals surface area contributed by atoms with Gasteiger partial charge in [0.2, 0.25) is 5.95 Å². The molecule has 39 heavy (non-hydrogen) atoms. The van der Waals surface area contributed by atoms with Gasteiger partial charge in [-0.2, -0.15) is 0 Å². The molecule has 5 rings (SSSR count). The molecule has 4 heterocycles. The summed E-state index contributed by atoms with van der Waals surface area (Å²) < 4.78 is 25.1. The number of fused-ring (bicyclic) bond motifs is 1. The molecule has 0 spiro atoms. The van der Waals surface area contributed by atoms with Crippen molar-refractivity contribution < 1.29 is 18.4 Å². The predicted octanol–water partition coefficient (Wildman–Crippen LogP) is 3.34. The third kappa shape index (κ3) is 5.99. The summed E-state index contributed by atoms with van der Waals surface area (Å²) in [6.45, 7) is 10.4.